The molecule has 1 atom stereocenters. The lowest BCUT2D eigenvalue weighted by atomic mass is 9.99. The van der Waals surface area contributed by atoms with E-state index in [2.05, 4.69) is 48.4 Å². The van der Waals surface area contributed by atoms with E-state index in [1.165, 1.54) is 22.5 Å². The fourth-order valence-corrected chi connectivity index (χ4v) is 2.22. The minimum Gasteiger partial charge on any atom is -0.380 e. The highest BCUT2D eigenvalue weighted by Crippen LogP contribution is 2.20. The van der Waals surface area contributed by atoms with Crippen LogP contribution in [0.3, 0.4) is 0 Å². The van der Waals surface area contributed by atoms with E-state index in [0.717, 1.165) is 6.54 Å². The maximum Gasteiger partial charge on any atom is 0.0794 e. The summed E-state index contributed by atoms with van der Waals surface area (Å²) in [5.41, 5.74) is 4.45. The first-order chi connectivity index (χ1) is 8.29. The molecule has 0 spiro atoms. The van der Waals surface area contributed by atoms with Crippen LogP contribution in [0.2, 0.25) is 0 Å². The quantitative estimate of drug-likeness (QED) is 0.852. The summed E-state index contributed by atoms with van der Waals surface area (Å²) in [5, 5.41) is 3.40. The van der Waals surface area contributed by atoms with Crippen LogP contribution in [-0.2, 0) is 6.54 Å². The summed E-state index contributed by atoms with van der Waals surface area (Å²) in [6.45, 7) is 5.34. The number of hydrogen-bond acceptors (Lipinski definition) is 3. The van der Waals surface area contributed by atoms with Gasteiger partial charge >= 0.3 is 0 Å². The maximum absolute atomic E-state index is 4.06. The molecular formula is C14H18N2S. The third-order valence-electron chi connectivity index (χ3n) is 3.04. The van der Waals surface area contributed by atoms with E-state index >= 15 is 0 Å². The van der Waals surface area contributed by atoms with E-state index in [9.17, 15) is 0 Å². The van der Waals surface area contributed by atoms with Crippen molar-refractivity contribution in [3.8, 4) is 0 Å². The molecule has 1 N–H and O–H groups in total. The van der Waals surface area contributed by atoms with Gasteiger partial charge in [-0.2, -0.15) is 0 Å². The zero-order valence-electron chi connectivity index (χ0n) is 10.3. The van der Waals surface area contributed by atoms with Gasteiger partial charge in [0.25, 0.3) is 0 Å². The Bertz CT molecular complexity index is 434. The lowest BCUT2D eigenvalue weighted by Gasteiger charge is -2.10. The van der Waals surface area contributed by atoms with Crippen LogP contribution in [0.4, 0.5) is 5.69 Å². The third kappa shape index (κ3) is 3.30. The van der Waals surface area contributed by atoms with E-state index in [-0.39, 0.29) is 0 Å². The van der Waals surface area contributed by atoms with Gasteiger partial charge in [-0.3, -0.25) is 4.98 Å². The Kier molecular flexibility index (Phi) is 4.15. The van der Waals surface area contributed by atoms with Crippen LogP contribution < -0.4 is 5.32 Å². The van der Waals surface area contributed by atoms with Gasteiger partial charge in [-0.25, -0.2) is 0 Å². The van der Waals surface area contributed by atoms with Crippen molar-refractivity contribution in [3.05, 3.63) is 46.4 Å². The Morgan fingerprint density at radius 1 is 1.29 bits per heavy atom. The van der Waals surface area contributed by atoms with Crippen LogP contribution in [0.15, 0.2) is 36.0 Å². The highest BCUT2D eigenvalue weighted by atomic mass is 32.1. The molecule has 1 aromatic heterocycles. The lowest BCUT2D eigenvalue weighted by molar-refractivity contribution is 0.734. The number of aromatic nitrogens is 1. The number of nitrogens with zero attached hydrogens (tertiary/aromatic N) is 1. The van der Waals surface area contributed by atoms with Crippen molar-refractivity contribution in [1.29, 1.82) is 0 Å². The van der Waals surface area contributed by atoms with Gasteiger partial charge in [-0.1, -0.05) is 26.0 Å². The van der Waals surface area contributed by atoms with Crippen LogP contribution in [-0.4, -0.2) is 4.98 Å². The number of rotatable bonds is 5. The summed E-state index contributed by atoms with van der Waals surface area (Å²) >= 11 is 1.68. The first-order valence-electron chi connectivity index (χ1n) is 6.00. The molecule has 0 fully saturated rings. The molecule has 2 aromatic rings. The van der Waals surface area contributed by atoms with E-state index in [4.69, 9.17) is 0 Å². The van der Waals surface area contributed by atoms with Crippen molar-refractivity contribution < 1.29 is 0 Å². The second kappa shape index (κ2) is 5.82. The fourth-order valence-electron chi connectivity index (χ4n) is 1.68. The van der Waals surface area contributed by atoms with Gasteiger partial charge in [0.15, 0.2) is 0 Å². The third-order valence-corrected chi connectivity index (χ3v) is 3.82. The molecule has 0 aliphatic carbocycles. The second-order valence-corrected chi connectivity index (χ2v) is 5.22. The SMILES string of the molecule is CCC(C)c1ccc(NCc2cncs2)cc1. The number of benzene rings is 1. The zero-order chi connectivity index (χ0) is 12.1. The average Bonchev–Trinajstić information content (AvgIpc) is 2.89. The van der Waals surface area contributed by atoms with Gasteiger partial charge in [0.05, 0.1) is 12.1 Å². The minimum absolute atomic E-state index is 0.644. The Morgan fingerprint density at radius 3 is 2.65 bits per heavy atom. The molecule has 2 nitrogen and oxygen atoms in total. The van der Waals surface area contributed by atoms with E-state index in [1.807, 2.05) is 11.7 Å². The smallest absolute Gasteiger partial charge is 0.0794 e. The highest BCUT2D eigenvalue weighted by molar-refractivity contribution is 7.09. The van der Waals surface area contributed by atoms with Crippen molar-refractivity contribution in [2.24, 2.45) is 0 Å². The summed E-state index contributed by atoms with van der Waals surface area (Å²) in [5.74, 6) is 0.644. The Labute approximate surface area is 107 Å². The van der Waals surface area contributed by atoms with E-state index < -0.39 is 0 Å². The Morgan fingerprint density at radius 2 is 2.06 bits per heavy atom. The van der Waals surface area contributed by atoms with Crippen LogP contribution >= 0.6 is 11.3 Å². The van der Waals surface area contributed by atoms with Crippen LogP contribution in [0.25, 0.3) is 0 Å². The molecule has 1 unspecified atom stereocenters. The standard InChI is InChI=1S/C14H18N2S/c1-3-11(2)12-4-6-13(7-5-12)16-9-14-8-15-10-17-14/h4-8,10-11,16H,3,9H2,1-2H3. The largest absolute Gasteiger partial charge is 0.380 e. The summed E-state index contributed by atoms with van der Waals surface area (Å²) in [6.07, 6.45) is 3.10. The summed E-state index contributed by atoms with van der Waals surface area (Å²) in [7, 11) is 0. The van der Waals surface area contributed by atoms with Gasteiger partial charge in [0.2, 0.25) is 0 Å². The van der Waals surface area contributed by atoms with Crippen LogP contribution in [0, 0.1) is 0 Å². The molecule has 1 heterocycles. The molecule has 3 heteroatoms. The lowest BCUT2D eigenvalue weighted by Crippen LogP contribution is -1.98. The first-order valence-corrected chi connectivity index (χ1v) is 6.88. The molecule has 0 aliphatic heterocycles. The Hall–Kier alpha value is -1.35. The van der Waals surface area contributed by atoms with E-state index in [0.29, 0.717) is 5.92 Å². The van der Waals surface area contributed by atoms with Crippen molar-refractivity contribution in [1.82, 2.24) is 4.98 Å². The molecule has 1 aromatic carbocycles. The van der Waals surface area contributed by atoms with Crippen LogP contribution in [0.1, 0.15) is 36.6 Å². The summed E-state index contributed by atoms with van der Waals surface area (Å²) < 4.78 is 0. The van der Waals surface area contributed by atoms with Gasteiger partial charge < -0.3 is 5.32 Å². The van der Waals surface area contributed by atoms with E-state index in [1.54, 1.807) is 11.3 Å². The number of anilines is 1. The van der Waals surface area contributed by atoms with Gasteiger partial charge in [-0.15, -0.1) is 11.3 Å². The number of hydrogen-bond donors (Lipinski definition) is 1. The normalized spacial score (nSPS) is 12.4. The molecule has 0 amide bonds. The minimum atomic E-state index is 0.644. The van der Waals surface area contributed by atoms with Crippen molar-refractivity contribution in [2.45, 2.75) is 32.7 Å². The second-order valence-electron chi connectivity index (χ2n) is 4.25. The molecule has 2 rings (SSSR count). The maximum atomic E-state index is 4.06. The molecule has 90 valence electrons. The number of nitrogens with one attached hydrogen (secondary N) is 1. The predicted molar refractivity (Wildman–Crippen MR) is 74.6 cm³/mol. The van der Waals surface area contributed by atoms with Crippen molar-refractivity contribution in [3.63, 3.8) is 0 Å². The van der Waals surface area contributed by atoms with Crippen molar-refractivity contribution in [2.75, 3.05) is 5.32 Å². The Balaban J connectivity index is 1.94. The molecular weight excluding hydrogens is 228 g/mol. The van der Waals surface area contributed by atoms with Crippen molar-refractivity contribution >= 4 is 17.0 Å². The monoisotopic (exact) mass is 246 g/mol. The topological polar surface area (TPSA) is 24.9 Å². The van der Waals surface area contributed by atoms with Gasteiger partial charge in [0, 0.05) is 16.8 Å². The molecule has 0 saturated carbocycles. The number of thiazole rings is 1. The first kappa shape index (κ1) is 12.1. The molecule has 0 aliphatic rings. The van der Waals surface area contributed by atoms with Gasteiger partial charge in [0.1, 0.15) is 0 Å². The fraction of sp³-hybridized carbons (Fsp3) is 0.357. The molecule has 0 bridgehead atoms. The highest BCUT2D eigenvalue weighted by Gasteiger charge is 2.02. The van der Waals surface area contributed by atoms with Crippen LogP contribution in [0.5, 0.6) is 0 Å². The molecule has 0 saturated heterocycles. The molecule has 0 radical (unpaired) electrons. The summed E-state index contributed by atoms with van der Waals surface area (Å²) in [4.78, 5) is 5.32. The summed E-state index contributed by atoms with van der Waals surface area (Å²) in [6, 6.07) is 8.73. The van der Waals surface area contributed by atoms with Gasteiger partial charge in [-0.05, 0) is 30.0 Å². The molecule has 17 heavy (non-hydrogen) atoms. The predicted octanol–water partition coefficient (Wildman–Crippen LogP) is 4.27. The average molecular weight is 246 g/mol. The zero-order valence-corrected chi connectivity index (χ0v) is 11.1.